The van der Waals surface area contributed by atoms with Crippen molar-refractivity contribution < 1.29 is 9.47 Å². The van der Waals surface area contributed by atoms with Crippen LogP contribution in [0, 0.1) is 0 Å². The first-order valence-corrected chi connectivity index (χ1v) is 8.34. The fourth-order valence-corrected chi connectivity index (χ4v) is 3.54. The fraction of sp³-hybridized carbons (Fsp3) is 0.647. The number of halogens is 2. The molecule has 2 rings (SSSR count). The maximum absolute atomic E-state index is 6.28. The normalized spacial score (nSPS) is 24.4. The van der Waals surface area contributed by atoms with Crippen LogP contribution in [-0.2, 0) is 16.1 Å². The van der Waals surface area contributed by atoms with Crippen LogP contribution in [0.5, 0.6) is 0 Å². The molecular formula is C17H24Cl2O2. The maximum Gasteiger partial charge on any atom is 0.0923 e. The van der Waals surface area contributed by atoms with E-state index >= 15 is 0 Å². The molecule has 1 saturated heterocycles. The quantitative estimate of drug-likeness (QED) is 0.672. The summed E-state index contributed by atoms with van der Waals surface area (Å²) < 4.78 is 12.2. The lowest BCUT2D eigenvalue weighted by Gasteiger charge is -2.31. The minimum atomic E-state index is -0.161. The third kappa shape index (κ3) is 4.35. The van der Waals surface area contributed by atoms with Crippen LogP contribution < -0.4 is 0 Å². The molecular weight excluding hydrogens is 307 g/mol. The molecule has 1 heterocycles. The molecule has 1 aliphatic rings. The molecule has 2 nitrogen and oxygen atoms in total. The molecule has 21 heavy (non-hydrogen) atoms. The van der Waals surface area contributed by atoms with Gasteiger partial charge in [-0.2, -0.15) is 0 Å². The molecule has 1 fully saturated rings. The van der Waals surface area contributed by atoms with E-state index in [1.165, 1.54) is 0 Å². The Morgan fingerprint density at radius 3 is 2.38 bits per heavy atom. The Morgan fingerprint density at radius 1 is 1.19 bits per heavy atom. The largest absolute Gasteiger partial charge is 0.374 e. The highest BCUT2D eigenvalue weighted by molar-refractivity contribution is 6.35. The summed E-state index contributed by atoms with van der Waals surface area (Å²) in [6.07, 6.45) is 4.23. The zero-order valence-corrected chi connectivity index (χ0v) is 14.6. The van der Waals surface area contributed by atoms with Crippen LogP contribution in [0.25, 0.3) is 0 Å². The van der Waals surface area contributed by atoms with Crippen molar-refractivity contribution in [3.05, 3.63) is 33.8 Å². The average Bonchev–Trinajstić information content (AvgIpc) is 2.69. The van der Waals surface area contributed by atoms with Gasteiger partial charge in [0.05, 0.1) is 24.4 Å². The van der Waals surface area contributed by atoms with E-state index in [1.807, 2.05) is 18.2 Å². The summed E-state index contributed by atoms with van der Waals surface area (Å²) in [5.74, 6) is 0. The highest BCUT2D eigenvalue weighted by Crippen LogP contribution is 2.40. The first kappa shape index (κ1) is 17.1. The highest BCUT2D eigenvalue weighted by Gasteiger charge is 2.43. The fourth-order valence-electron chi connectivity index (χ4n) is 3.03. The minimum absolute atomic E-state index is 0.0550. The molecule has 0 aliphatic carbocycles. The Kier molecular flexibility index (Phi) is 5.59. The van der Waals surface area contributed by atoms with Crippen molar-refractivity contribution in [2.75, 3.05) is 6.61 Å². The standard InChI is InChI=1S/C17H24Cl2O2/c1-4-8-17(10-9-16(2,3)21-17)12-20-11-13-14(18)6-5-7-15(13)19/h5-7H,4,8-12H2,1-3H3. The van der Waals surface area contributed by atoms with Gasteiger partial charge in [-0.15, -0.1) is 0 Å². The van der Waals surface area contributed by atoms with Gasteiger partial charge in [0.1, 0.15) is 0 Å². The van der Waals surface area contributed by atoms with E-state index < -0.39 is 0 Å². The second kappa shape index (κ2) is 6.87. The summed E-state index contributed by atoms with van der Waals surface area (Å²) >= 11 is 12.3. The second-order valence-corrected chi connectivity index (χ2v) is 7.30. The van der Waals surface area contributed by atoms with Gasteiger partial charge < -0.3 is 9.47 Å². The Labute approximate surface area is 137 Å². The van der Waals surface area contributed by atoms with Crippen LogP contribution in [0.2, 0.25) is 10.0 Å². The molecule has 0 saturated carbocycles. The lowest BCUT2D eigenvalue weighted by Crippen LogP contribution is -2.37. The summed E-state index contributed by atoms with van der Waals surface area (Å²) in [5, 5.41) is 1.31. The van der Waals surface area contributed by atoms with Crippen LogP contribution in [0.3, 0.4) is 0 Å². The lowest BCUT2D eigenvalue weighted by molar-refractivity contribution is -0.129. The van der Waals surface area contributed by atoms with Crippen LogP contribution >= 0.6 is 23.2 Å². The van der Waals surface area contributed by atoms with Crippen molar-refractivity contribution in [1.29, 1.82) is 0 Å². The van der Waals surface area contributed by atoms with Gasteiger partial charge in [-0.1, -0.05) is 42.6 Å². The Hall–Kier alpha value is -0.280. The van der Waals surface area contributed by atoms with E-state index in [2.05, 4.69) is 20.8 Å². The predicted molar refractivity (Wildman–Crippen MR) is 88.2 cm³/mol. The van der Waals surface area contributed by atoms with Crippen molar-refractivity contribution in [2.24, 2.45) is 0 Å². The van der Waals surface area contributed by atoms with Gasteiger partial charge in [0.15, 0.2) is 0 Å². The Balaban J connectivity index is 1.97. The summed E-state index contributed by atoms with van der Waals surface area (Å²) in [4.78, 5) is 0. The third-order valence-corrected chi connectivity index (χ3v) is 4.76. The number of hydrogen-bond donors (Lipinski definition) is 0. The summed E-state index contributed by atoms with van der Waals surface area (Å²) in [6.45, 7) is 7.49. The van der Waals surface area contributed by atoms with Gasteiger partial charge in [-0.3, -0.25) is 0 Å². The van der Waals surface area contributed by atoms with Crippen molar-refractivity contribution in [2.45, 2.75) is 64.3 Å². The second-order valence-electron chi connectivity index (χ2n) is 6.49. The predicted octanol–water partition coefficient (Wildman–Crippen LogP) is 5.64. The number of ether oxygens (including phenoxy) is 2. The molecule has 0 radical (unpaired) electrons. The van der Waals surface area contributed by atoms with Gasteiger partial charge in [0, 0.05) is 15.6 Å². The van der Waals surface area contributed by atoms with Crippen molar-refractivity contribution in [3.63, 3.8) is 0 Å². The van der Waals surface area contributed by atoms with Gasteiger partial charge in [0.2, 0.25) is 0 Å². The minimum Gasteiger partial charge on any atom is -0.374 e. The smallest absolute Gasteiger partial charge is 0.0923 e. The molecule has 0 N–H and O–H groups in total. The number of hydrogen-bond acceptors (Lipinski definition) is 2. The van der Waals surface area contributed by atoms with E-state index in [1.54, 1.807) is 0 Å². The summed E-state index contributed by atoms with van der Waals surface area (Å²) in [7, 11) is 0. The third-order valence-electron chi connectivity index (χ3n) is 4.05. The average molecular weight is 331 g/mol. The molecule has 1 aliphatic heterocycles. The van der Waals surface area contributed by atoms with Crippen molar-refractivity contribution in [1.82, 2.24) is 0 Å². The molecule has 0 bridgehead atoms. The monoisotopic (exact) mass is 330 g/mol. The molecule has 4 heteroatoms. The lowest BCUT2D eigenvalue weighted by atomic mass is 9.94. The van der Waals surface area contributed by atoms with Crippen LogP contribution in [0.15, 0.2) is 18.2 Å². The first-order valence-electron chi connectivity index (χ1n) is 7.58. The molecule has 1 unspecified atom stereocenters. The molecule has 0 aromatic heterocycles. The maximum atomic E-state index is 6.28. The van der Waals surface area contributed by atoms with Crippen LogP contribution in [0.1, 0.15) is 52.0 Å². The molecule has 1 aromatic carbocycles. The van der Waals surface area contributed by atoms with Gasteiger partial charge in [0.25, 0.3) is 0 Å². The summed E-state index contributed by atoms with van der Waals surface area (Å²) in [5.41, 5.74) is 0.636. The number of rotatable bonds is 6. The van der Waals surface area contributed by atoms with E-state index in [9.17, 15) is 0 Å². The number of benzene rings is 1. The van der Waals surface area contributed by atoms with Crippen molar-refractivity contribution >= 4 is 23.2 Å². The van der Waals surface area contributed by atoms with E-state index in [-0.39, 0.29) is 11.2 Å². The van der Waals surface area contributed by atoms with Gasteiger partial charge >= 0.3 is 0 Å². The molecule has 1 atom stereocenters. The highest BCUT2D eigenvalue weighted by atomic mass is 35.5. The molecule has 1 aromatic rings. The zero-order chi connectivity index (χ0) is 15.5. The molecule has 0 spiro atoms. The van der Waals surface area contributed by atoms with E-state index in [0.717, 1.165) is 31.2 Å². The van der Waals surface area contributed by atoms with Gasteiger partial charge in [-0.25, -0.2) is 0 Å². The van der Waals surface area contributed by atoms with Crippen LogP contribution in [0.4, 0.5) is 0 Å². The molecule has 0 amide bonds. The summed E-state index contributed by atoms with van der Waals surface area (Å²) in [6, 6.07) is 5.52. The van der Waals surface area contributed by atoms with E-state index in [4.69, 9.17) is 32.7 Å². The van der Waals surface area contributed by atoms with Gasteiger partial charge in [-0.05, 0) is 45.2 Å². The Bertz CT molecular complexity index is 467. The first-order chi connectivity index (χ1) is 9.87. The topological polar surface area (TPSA) is 18.5 Å². The SMILES string of the molecule is CCCC1(COCc2c(Cl)cccc2Cl)CCC(C)(C)O1. The van der Waals surface area contributed by atoms with Crippen molar-refractivity contribution in [3.8, 4) is 0 Å². The molecule has 118 valence electrons. The van der Waals surface area contributed by atoms with Crippen LogP contribution in [-0.4, -0.2) is 17.8 Å². The zero-order valence-electron chi connectivity index (χ0n) is 13.0. The van der Waals surface area contributed by atoms with E-state index in [0.29, 0.717) is 23.3 Å². The Morgan fingerprint density at radius 2 is 1.86 bits per heavy atom.